The summed E-state index contributed by atoms with van der Waals surface area (Å²) in [5, 5.41) is 10.5. The van der Waals surface area contributed by atoms with Crippen LogP contribution in [0.1, 0.15) is 15.9 Å². The monoisotopic (exact) mass is 315 g/mol. The summed E-state index contributed by atoms with van der Waals surface area (Å²) >= 11 is 1.46. The summed E-state index contributed by atoms with van der Waals surface area (Å²) in [6.45, 7) is 1.92. The summed E-state index contributed by atoms with van der Waals surface area (Å²) in [5.41, 5.74) is 13.3. The smallest absolute Gasteiger partial charge is 0.335 e. The number of nitrogens with zero attached hydrogens (tertiary/aromatic N) is 2. The number of nitrogen functional groups attached to an aromatic ring is 2. The third kappa shape index (κ3) is 2.44. The Labute approximate surface area is 129 Å². The van der Waals surface area contributed by atoms with E-state index < -0.39 is 5.97 Å². The van der Waals surface area contributed by atoms with Crippen LogP contribution in [0.15, 0.2) is 34.2 Å². The number of hydrogen-bond acceptors (Lipinski definition) is 6. The summed E-state index contributed by atoms with van der Waals surface area (Å²) < 4.78 is 0. The highest BCUT2D eigenvalue weighted by Gasteiger charge is 2.14. The van der Waals surface area contributed by atoms with Gasteiger partial charge >= 0.3 is 5.97 Å². The van der Waals surface area contributed by atoms with E-state index in [9.17, 15) is 4.79 Å². The van der Waals surface area contributed by atoms with Gasteiger partial charge < -0.3 is 21.6 Å². The quantitative estimate of drug-likeness (QED) is 0.583. The second kappa shape index (κ2) is 5.23. The van der Waals surface area contributed by atoms with Crippen LogP contribution in [0.2, 0.25) is 0 Å². The van der Waals surface area contributed by atoms with Gasteiger partial charge in [-0.25, -0.2) is 4.79 Å². The van der Waals surface area contributed by atoms with Gasteiger partial charge in [0.1, 0.15) is 11.5 Å². The zero-order valence-corrected chi connectivity index (χ0v) is 12.4. The zero-order valence-electron chi connectivity index (χ0n) is 11.6. The van der Waals surface area contributed by atoms with E-state index in [1.165, 1.54) is 11.8 Å². The molecule has 0 saturated heterocycles. The third-order valence-corrected chi connectivity index (χ3v) is 4.34. The molecule has 0 bridgehead atoms. The number of rotatable bonds is 3. The average Bonchev–Trinajstić information content (AvgIpc) is 2.75. The molecule has 22 heavy (non-hydrogen) atoms. The number of hydrogen-bond donors (Lipinski definition) is 4. The lowest BCUT2D eigenvalue weighted by atomic mass is 10.2. The minimum absolute atomic E-state index is 0.119. The third-order valence-electron chi connectivity index (χ3n) is 3.22. The molecule has 1 aromatic carbocycles. The number of aryl methyl sites for hydroxylation is 1. The molecule has 0 fully saturated rings. The number of nitrogens with one attached hydrogen (secondary N) is 1. The number of aromatic amines is 1. The average molecular weight is 315 g/mol. The van der Waals surface area contributed by atoms with Crippen LogP contribution in [0, 0.1) is 6.92 Å². The van der Waals surface area contributed by atoms with Crippen molar-refractivity contribution in [3.05, 3.63) is 35.4 Å². The molecule has 112 valence electrons. The summed E-state index contributed by atoms with van der Waals surface area (Å²) in [4.78, 5) is 23.0. The molecular weight excluding hydrogens is 302 g/mol. The standard InChI is InChI=1S/C14H13N5O2S/c1-6-9-10(15)17-14(16)19-11(9)18-12(6)22-8-4-2-7(3-5-8)13(20)21/h2-5H,1H3,(H,20,21)(H5,15,16,17,18,19). The minimum Gasteiger partial charge on any atom is -0.478 e. The number of carboxylic acids is 1. The first kappa shape index (κ1) is 14.2. The fourth-order valence-corrected chi connectivity index (χ4v) is 3.07. The van der Waals surface area contributed by atoms with Gasteiger partial charge in [0.15, 0.2) is 0 Å². The molecule has 2 aromatic heterocycles. The van der Waals surface area contributed by atoms with Crippen LogP contribution in [0.4, 0.5) is 11.8 Å². The van der Waals surface area contributed by atoms with E-state index >= 15 is 0 Å². The Kier molecular flexibility index (Phi) is 3.38. The van der Waals surface area contributed by atoms with Gasteiger partial charge in [0.25, 0.3) is 0 Å². The minimum atomic E-state index is -0.947. The SMILES string of the molecule is Cc1c(Sc2ccc(C(=O)O)cc2)[nH]c2nc(N)nc(N)c12. The first-order valence-electron chi connectivity index (χ1n) is 6.38. The van der Waals surface area contributed by atoms with Gasteiger partial charge in [-0.1, -0.05) is 11.8 Å². The van der Waals surface area contributed by atoms with E-state index in [2.05, 4.69) is 15.0 Å². The van der Waals surface area contributed by atoms with Gasteiger partial charge in [-0.05, 0) is 36.8 Å². The highest BCUT2D eigenvalue weighted by Crippen LogP contribution is 2.35. The van der Waals surface area contributed by atoms with Crippen molar-refractivity contribution in [1.29, 1.82) is 0 Å². The van der Waals surface area contributed by atoms with Crippen LogP contribution in [0.5, 0.6) is 0 Å². The summed E-state index contributed by atoms with van der Waals surface area (Å²) in [6, 6.07) is 6.63. The second-order valence-electron chi connectivity index (χ2n) is 4.70. The second-order valence-corrected chi connectivity index (χ2v) is 5.79. The Morgan fingerprint density at radius 3 is 2.55 bits per heavy atom. The Hall–Kier alpha value is -2.74. The number of anilines is 2. The van der Waals surface area contributed by atoms with Gasteiger partial charge in [0, 0.05) is 4.90 Å². The van der Waals surface area contributed by atoms with Crippen molar-refractivity contribution in [3.63, 3.8) is 0 Å². The van der Waals surface area contributed by atoms with E-state index in [0.717, 1.165) is 20.9 Å². The van der Waals surface area contributed by atoms with Crippen molar-refractivity contribution in [2.24, 2.45) is 0 Å². The molecule has 0 unspecified atom stereocenters. The largest absolute Gasteiger partial charge is 0.478 e. The molecule has 0 atom stereocenters. The van der Waals surface area contributed by atoms with E-state index in [1.807, 2.05) is 6.92 Å². The van der Waals surface area contributed by atoms with Gasteiger partial charge in [-0.15, -0.1) is 0 Å². The van der Waals surface area contributed by atoms with E-state index in [0.29, 0.717) is 11.5 Å². The summed E-state index contributed by atoms with van der Waals surface area (Å²) in [6.07, 6.45) is 0. The van der Waals surface area contributed by atoms with E-state index in [-0.39, 0.29) is 11.5 Å². The molecule has 8 heteroatoms. The van der Waals surface area contributed by atoms with Crippen molar-refractivity contribution >= 4 is 40.5 Å². The number of carbonyl (C=O) groups is 1. The molecule has 6 N–H and O–H groups in total. The number of carboxylic acid groups (broad SMARTS) is 1. The van der Waals surface area contributed by atoms with Crippen molar-refractivity contribution < 1.29 is 9.90 Å². The molecule has 0 aliphatic rings. The lowest BCUT2D eigenvalue weighted by Gasteiger charge is -2.01. The highest BCUT2D eigenvalue weighted by atomic mass is 32.2. The first-order chi connectivity index (χ1) is 10.5. The molecule has 0 amide bonds. The molecule has 0 aliphatic carbocycles. The van der Waals surface area contributed by atoms with Crippen LogP contribution >= 0.6 is 11.8 Å². The van der Waals surface area contributed by atoms with Crippen molar-refractivity contribution in [2.75, 3.05) is 11.5 Å². The number of aromatic nitrogens is 3. The molecule has 0 radical (unpaired) electrons. The van der Waals surface area contributed by atoms with Crippen LogP contribution < -0.4 is 11.5 Å². The van der Waals surface area contributed by atoms with Crippen LogP contribution in [0.25, 0.3) is 11.0 Å². The fourth-order valence-electron chi connectivity index (χ4n) is 2.16. The number of benzene rings is 1. The van der Waals surface area contributed by atoms with E-state index in [1.54, 1.807) is 24.3 Å². The van der Waals surface area contributed by atoms with E-state index in [4.69, 9.17) is 16.6 Å². The molecule has 0 aliphatic heterocycles. The molecule has 3 aromatic rings. The first-order valence-corrected chi connectivity index (χ1v) is 7.20. The highest BCUT2D eigenvalue weighted by molar-refractivity contribution is 7.99. The number of nitrogens with two attached hydrogens (primary N) is 2. The number of fused-ring (bicyclic) bond motifs is 1. The van der Waals surface area contributed by atoms with Crippen molar-refractivity contribution in [2.45, 2.75) is 16.8 Å². The predicted octanol–water partition coefficient (Wildman–Crippen LogP) is 2.28. The summed E-state index contributed by atoms with van der Waals surface area (Å²) in [5.74, 6) is -0.491. The van der Waals surface area contributed by atoms with Gasteiger partial charge in [-0.3, -0.25) is 0 Å². The molecule has 2 heterocycles. The molecule has 7 nitrogen and oxygen atoms in total. The molecule has 0 saturated carbocycles. The van der Waals surface area contributed by atoms with Crippen LogP contribution in [0.3, 0.4) is 0 Å². The van der Waals surface area contributed by atoms with Crippen molar-refractivity contribution in [1.82, 2.24) is 15.0 Å². The van der Waals surface area contributed by atoms with Crippen LogP contribution in [-0.2, 0) is 0 Å². The zero-order chi connectivity index (χ0) is 15.9. The van der Waals surface area contributed by atoms with Gasteiger partial charge in [-0.2, -0.15) is 9.97 Å². The Morgan fingerprint density at radius 2 is 1.91 bits per heavy atom. The lowest BCUT2D eigenvalue weighted by Crippen LogP contribution is -1.99. The Morgan fingerprint density at radius 1 is 1.23 bits per heavy atom. The maximum Gasteiger partial charge on any atom is 0.335 e. The molecular formula is C14H13N5O2S. The predicted molar refractivity (Wildman–Crippen MR) is 85.0 cm³/mol. The topological polar surface area (TPSA) is 131 Å². The number of aromatic carboxylic acids is 1. The van der Waals surface area contributed by atoms with Crippen molar-refractivity contribution in [3.8, 4) is 0 Å². The fraction of sp³-hybridized carbons (Fsp3) is 0.0714. The summed E-state index contributed by atoms with van der Waals surface area (Å²) in [7, 11) is 0. The van der Waals surface area contributed by atoms with Crippen LogP contribution in [-0.4, -0.2) is 26.0 Å². The Bertz CT molecular complexity index is 873. The van der Waals surface area contributed by atoms with Gasteiger partial charge in [0.2, 0.25) is 5.95 Å². The molecule has 0 spiro atoms. The Balaban J connectivity index is 1.98. The number of H-pyrrole nitrogens is 1. The molecule has 3 rings (SSSR count). The maximum atomic E-state index is 10.9. The maximum absolute atomic E-state index is 10.9. The van der Waals surface area contributed by atoms with Gasteiger partial charge in [0.05, 0.1) is 16.0 Å². The normalized spacial score (nSPS) is 11.0. The lowest BCUT2D eigenvalue weighted by molar-refractivity contribution is 0.0697.